The van der Waals surface area contributed by atoms with Crippen molar-refractivity contribution in [2.24, 2.45) is 5.92 Å². The van der Waals surface area contributed by atoms with Gasteiger partial charge in [0, 0.05) is 37.1 Å². The Bertz CT molecular complexity index is 870. The molecule has 0 saturated carbocycles. The minimum atomic E-state index is -3.67. The highest BCUT2D eigenvalue weighted by molar-refractivity contribution is 7.89. The van der Waals surface area contributed by atoms with Gasteiger partial charge in [0.25, 0.3) is 0 Å². The predicted octanol–water partition coefficient (Wildman–Crippen LogP) is 3.29. The van der Waals surface area contributed by atoms with Crippen molar-refractivity contribution in [2.45, 2.75) is 24.7 Å². The molecule has 0 spiro atoms. The smallest absolute Gasteiger partial charge is 0.242 e. The van der Waals surface area contributed by atoms with E-state index in [1.54, 1.807) is 25.5 Å². The normalized spacial score (nSPS) is 16.0. The molecule has 1 aliphatic rings. The monoisotopic (exact) mass is 414 g/mol. The number of hydrogen-bond donors (Lipinski definition) is 1. The van der Waals surface area contributed by atoms with Crippen molar-refractivity contribution in [1.82, 2.24) is 14.7 Å². The van der Waals surface area contributed by atoms with Gasteiger partial charge in [-0.25, -0.2) is 18.1 Å². The number of halogens is 2. The summed E-state index contributed by atoms with van der Waals surface area (Å²) < 4.78 is 27.8. The zero-order valence-corrected chi connectivity index (χ0v) is 16.7. The molecule has 0 bridgehead atoms. The average molecular weight is 415 g/mol. The number of sulfonamides is 1. The largest absolute Gasteiger partial charge is 0.355 e. The van der Waals surface area contributed by atoms with Gasteiger partial charge in [0.05, 0.1) is 11.2 Å². The van der Waals surface area contributed by atoms with E-state index in [9.17, 15) is 8.42 Å². The van der Waals surface area contributed by atoms with Crippen LogP contribution in [0.3, 0.4) is 0 Å². The van der Waals surface area contributed by atoms with E-state index in [0.29, 0.717) is 17.1 Å². The van der Waals surface area contributed by atoms with Crippen LogP contribution in [0.4, 0.5) is 5.82 Å². The second-order valence-electron chi connectivity index (χ2n) is 6.38. The molecule has 2 heterocycles. The number of nitrogens with zero attached hydrogens (tertiary/aromatic N) is 3. The number of aryl methyl sites for hydroxylation is 1. The summed E-state index contributed by atoms with van der Waals surface area (Å²) in [6.45, 7) is 3.78. The topological polar surface area (TPSA) is 75.2 Å². The SMILES string of the molecule is Cc1cc(S(=O)(=O)NCC2CCN(c3cnccn3)CC2)c(Cl)cc1Cl. The van der Waals surface area contributed by atoms with E-state index < -0.39 is 10.0 Å². The summed E-state index contributed by atoms with van der Waals surface area (Å²) in [7, 11) is -3.67. The second-order valence-corrected chi connectivity index (χ2v) is 8.93. The minimum Gasteiger partial charge on any atom is -0.355 e. The molecule has 2 aromatic rings. The number of aromatic nitrogens is 2. The summed E-state index contributed by atoms with van der Waals surface area (Å²) in [5.74, 6) is 1.12. The summed E-state index contributed by atoms with van der Waals surface area (Å²) >= 11 is 12.1. The van der Waals surface area contributed by atoms with Crippen LogP contribution < -0.4 is 9.62 Å². The Morgan fingerprint density at radius 1 is 1.19 bits per heavy atom. The van der Waals surface area contributed by atoms with Gasteiger partial charge in [-0.15, -0.1) is 0 Å². The maximum atomic E-state index is 12.6. The van der Waals surface area contributed by atoms with Crippen molar-refractivity contribution in [3.63, 3.8) is 0 Å². The molecule has 3 rings (SSSR count). The zero-order valence-electron chi connectivity index (χ0n) is 14.3. The van der Waals surface area contributed by atoms with Gasteiger partial charge in [0.2, 0.25) is 10.0 Å². The van der Waals surface area contributed by atoms with Gasteiger partial charge in [-0.3, -0.25) is 4.98 Å². The first-order chi connectivity index (χ1) is 12.4. The molecular weight excluding hydrogens is 395 g/mol. The van der Waals surface area contributed by atoms with Crippen LogP contribution in [-0.2, 0) is 10.0 Å². The molecule has 1 aromatic carbocycles. The molecule has 1 N–H and O–H groups in total. The van der Waals surface area contributed by atoms with Gasteiger partial charge in [-0.1, -0.05) is 23.2 Å². The third-order valence-electron chi connectivity index (χ3n) is 4.55. The molecule has 0 aliphatic carbocycles. The molecule has 1 saturated heterocycles. The molecule has 0 amide bonds. The van der Waals surface area contributed by atoms with Gasteiger partial charge in [-0.05, 0) is 43.4 Å². The van der Waals surface area contributed by atoms with Crippen LogP contribution in [0.15, 0.2) is 35.6 Å². The van der Waals surface area contributed by atoms with Crippen molar-refractivity contribution < 1.29 is 8.42 Å². The predicted molar refractivity (Wildman–Crippen MR) is 103 cm³/mol. The van der Waals surface area contributed by atoms with E-state index in [4.69, 9.17) is 23.2 Å². The van der Waals surface area contributed by atoms with Gasteiger partial charge < -0.3 is 4.90 Å². The number of anilines is 1. The van der Waals surface area contributed by atoms with Gasteiger partial charge in [-0.2, -0.15) is 0 Å². The minimum absolute atomic E-state index is 0.0677. The van der Waals surface area contributed by atoms with Crippen LogP contribution >= 0.6 is 23.2 Å². The summed E-state index contributed by atoms with van der Waals surface area (Å²) in [5.41, 5.74) is 0.675. The van der Waals surface area contributed by atoms with Gasteiger partial charge in [0.15, 0.2) is 0 Å². The quantitative estimate of drug-likeness (QED) is 0.811. The lowest BCUT2D eigenvalue weighted by molar-refractivity contribution is 0.400. The Hall–Kier alpha value is -1.41. The van der Waals surface area contributed by atoms with Crippen LogP contribution in [0.25, 0.3) is 0 Å². The molecular formula is C17H20Cl2N4O2S. The molecule has 9 heteroatoms. The van der Waals surface area contributed by atoms with E-state index in [1.807, 2.05) is 0 Å². The lowest BCUT2D eigenvalue weighted by Crippen LogP contribution is -2.39. The fraction of sp³-hybridized carbons (Fsp3) is 0.412. The van der Waals surface area contributed by atoms with Crippen LogP contribution in [0, 0.1) is 12.8 Å². The van der Waals surface area contributed by atoms with E-state index >= 15 is 0 Å². The number of benzene rings is 1. The zero-order chi connectivity index (χ0) is 18.7. The maximum Gasteiger partial charge on any atom is 0.242 e. The fourth-order valence-electron chi connectivity index (χ4n) is 2.96. The van der Waals surface area contributed by atoms with Crippen LogP contribution in [0.5, 0.6) is 0 Å². The Labute approximate surface area is 163 Å². The van der Waals surface area contributed by atoms with Gasteiger partial charge in [0.1, 0.15) is 10.7 Å². The Kier molecular flexibility index (Phi) is 6.02. The highest BCUT2D eigenvalue weighted by atomic mass is 35.5. The molecule has 6 nitrogen and oxygen atoms in total. The summed E-state index contributed by atoms with van der Waals surface area (Å²) in [4.78, 5) is 10.6. The van der Waals surface area contributed by atoms with E-state index in [-0.39, 0.29) is 15.8 Å². The highest BCUT2D eigenvalue weighted by Crippen LogP contribution is 2.28. The first-order valence-corrected chi connectivity index (χ1v) is 10.6. The van der Waals surface area contributed by atoms with Crippen molar-refractivity contribution in [3.05, 3.63) is 46.3 Å². The Morgan fingerprint density at radius 3 is 2.58 bits per heavy atom. The third kappa shape index (κ3) is 4.46. The number of nitrogens with one attached hydrogen (secondary N) is 1. The molecule has 0 atom stereocenters. The standard InChI is InChI=1S/C17H20Cl2N4O2S/c1-12-8-16(15(19)9-14(12)18)26(24,25)22-10-13-2-6-23(7-3-13)17-11-20-4-5-21-17/h4-5,8-9,11,13,22H,2-3,6-7,10H2,1H3. The average Bonchev–Trinajstić information content (AvgIpc) is 2.64. The molecule has 1 fully saturated rings. The molecule has 26 heavy (non-hydrogen) atoms. The molecule has 140 valence electrons. The lowest BCUT2D eigenvalue weighted by Gasteiger charge is -2.32. The third-order valence-corrected chi connectivity index (χ3v) is 6.85. The van der Waals surface area contributed by atoms with Crippen LogP contribution in [0.2, 0.25) is 10.0 Å². The van der Waals surface area contributed by atoms with Crippen molar-refractivity contribution >= 4 is 39.0 Å². The highest BCUT2D eigenvalue weighted by Gasteiger charge is 2.24. The summed E-state index contributed by atoms with van der Waals surface area (Å²) in [6.07, 6.45) is 6.83. The van der Waals surface area contributed by atoms with Crippen LogP contribution in [0.1, 0.15) is 18.4 Å². The van der Waals surface area contributed by atoms with E-state index in [2.05, 4.69) is 19.6 Å². The molecule has 0 radical (unpaired) electrons. The Balaban J connectivity index is 1.59. The first-order valence-electron chi connectivity index (χ1n) is 8.33. The van der Waals surface area contributed by atoms with Crippen molar-refractivity contribution in [1.29, 1.82) is 0 Å². The first kappa shape index (κ1) is 19.4. The number of piperidine rings is 1. The molecule has 1 aliphatic heterocycles. The molecule has 1 aromatic heterocycles. The lowest BCUT2D eigenvalue weighted by atomic mass is 9.97. The van der Waals surface area contributed by atoms with Crippen molar-refractivity contribution in [2.75, 3.05) is 24.5 Å². The number of hydrogen-bond acceptors (Lipinski definition) is 5. The van der Waals surface area contributed by atoms with E-state index in [0.717, 1.165) is 31.7 Å². The van der Waals surface area contributed by atoms with E-state index in [1.165, 1.54) is 12.1 Å². The fourth-order valence-corrected chi connectivity index (χ4v) is 4.91. The van der Waals surface area contributed by atoms with Crippen LogP contribution in [-0.4, -0.2) is 38.0 Å². The Morgan fingerprint density at radius 2 is 1.92 bits per heavy atom. The van der Waals surface area contributed by atoms with Gasteiger partial charge >= 0.3 is 0 Å². The second kappa shape index (κ2) is 8.08. The number of rotatable bonds is 5. The maximum absolute atomic E-state index is 12.6. The summed E-state index contributed by atoms with van der Waals surface area (Å²) in [6, 6.07) is 2.97. The van der Waals surface area contributed by atoms with Crippen molar-refractivity contribution in [3.8, 4) is 0 Å². The molecule has 0 unspecified atom stereocenters. The summed E-state index contributed by atoms with van der Waals surface area (Å²) in [5, 5.41) is 0.580.